The molecule has 4 rings (SSSR count). The summed E-state index contributed by atoms with van der Waals surface area (Å²) in [6, 6.07) is 5.17. The summed E-state index contributed by atoms with van der Waals surface area (Å²) in [4.78, 5) is 17.8. The summed E-state index contributed by atoms with van der Waals surface area (Å²) >= 11 is 1.50. The summed E-state index contributed by atoms with van der Waals surface area (Å²) in [6.45, 7) is 2.86. The standard InChI is InChI=1S/C19H17F3N4OS/c1-12(27)25-7-5-16-15(10-25)18(24-26(16)11-17-23-6-8-28-17)13-3-2-4-14(9-13)19(20,21)22/h2-4,6,8-9H,5,7,10-11H2,1H3. The largest absolute Gasteiger partial charge is 0.416 e. The van der Waals surface area contributed by atoms with Gasteiger partial charge in [0, 0.05) is 54.8 Å². The molecular formula is C19H17F3N4OS. The molecule has 146 valence electrons. The minimum Gasteiger partial charge on any atom is -0.338 e. The molecule has 0 radical (unpaired) electrons. The fourth-order valence-corrected chi connectivity index (χ4v) is 4.02. The lowest BCUT2D eigenvalue weighted by atomic mass is 9.99. The average Bonchev–Trinajstić information content (AvgIpc) is 3.29. The van der Waals surface area contributed by atoms with E-state index in [0.29, 0.717) is 37.3 Å². The van der Waals surface area contributed by atoms with Crippen molar-refractivity contribution in [2.75, 3.05) is 6.54 Å². The second-order valence-corrected chi connectivity index (χ2v) is 7.61. The molecule has 0 spiro atoms. The molecule has 2 aromatic heterocycles. The van der Waals surface area contributed by atoms with E-state index >= 15 is 0 Å². The maximum absolute atomic E-state index is 13.2. The first-order valence-corrected chi connectivity index (χ1v) is 9.61. The smallest absolute Gasteiger partial charge is 0.338 e. The lowest BCUT2D eigenvalue weighted by molar-refractivity contribution is -0.137. The quantitative estimate of drug-likeness (QED) is 0.661. The summed E-state index contributed by atoms with van der Waals surface area (Å²) in [5.74, 6) is -0.0617. The van der Waals surface area contributed by atoms with Gasteiger partial charge in [0.15, 0.2) is 0 Å². The van der Waals surface area contributed by atoms with Crippen LogP contribution in [0.4, 0.5) is 13.2 Å². The van der Waals surface area contributed by atoms with Gasteiger partial charge in [0.1, 0.15) is 5.01 Å². The van der Waals surface area contributed by atoms with Crippen LogP contribution in [-0.2, 0) is 30.5 Å². The summed E-state index contributed by atoms with van der Waals surface area (Å²) in [7, 11) is 0. The van der Waals surface area contributed by atoms with Crippen LogP contribution >= 0.6 is 11.3 Å². The summed E-state index contributed by atoms with van der Waals surface area (Å²) in [5.41, 5.74) is 1.92. The Balaban J connectivity index is 1.80. The van der Waals surface area contributed by atoms with E-state index in [1.807, 2.05) is 5.38 Å². The first kappa shape index (κ1) is 18.7. The lowest BCUT2D eigenvalue weighted by Gasteiger charge is -2.26. The second kappa shape index (κ2) is 7.05. The monoisotopic (exact) mass is 406 g/mol. The first-order chi connectivity index (χ1) is 13.3. The molecule has 1 aliphatic heterocycles. The number of thiazole rings is 1. The first-order valence-electron chi connectivity index (χ1n) is 8.73. The Hall–Kier alpha value is -2.68. The number of aromatic nitrogens is 3. The molecule has 0 unspecified atom stereocenters. The van der Waals surface area contributed by atoms with Gasteiger partial charge in [-0.3, -0.25) is 9.48 Å². The van der Waals surface area contributed by atoms with Crippen LogP contribution in [0, 0.1) is 0 Å². The van der Waals surface area contributed by atoms with Crippen molar-refractivity contribution in [3.05, 3.63) is 57.7 Å². The van der Waals surface area contributed by atoms with Gasteiger partial charge in [0.25, 0.3) is 0 Å². The van der Waals surface area contributed by atoms with E-state index in [-0.39, 0.29) is 5.91 Å². The molecule has 0 bridgehead atoms. The normalized spacial score (nSPS) is 14.2. The van der Waals surface area contributed by atoms with Crippen LogP contribution in [0.15, 0.2) is 35.8 Å². The zero-order chi connectivity index (χ0) is 19.9. The van der Waals surface area contributed by atoms with Crippen molar-refractivity contribution >= 4 is 17.2 Å². The zero-order valence-electron chi connectivity index (χ0n) is 15.0. The maximum Gasteiger partial charge on any atom is 0.416 e. The van der Waals surface area contributed by atoms with Crippen molar-refractivity contribution < 1.29 is 18.0 Å². The molecule has 0 fully saturated rings. The Labute approximate surface area is 163 Å². The highest BCUT2D eigenvalue weighted by Crippen LogP contribution is 2.35. The molecule has 0 saturated carbocycles. The molecule has 5 nitrogen and oxygen atoms in total. The molecule has 0 N–H and O–H groups in total. The van der Waals surface area contributed by atoms with Crippen molar-refractivity contribution in [2.45, 2.75) is 32.6 Å². The molecule has 9 heteroatoms. The van der Waals surface area contributed by atoms with E-state index in [1.54, 1.807) is 21.8 Å². The van der Waals surface area contributed by atoms with E-state index in [4.69, 9.17) is 0 Å². The predicted octanol–water partition coefficient (Wildman–Crippen LogP) is 3.98. The van der Waals surface area contributed by atoms with E-state index in [9.17, 15) is 18.0 Å². The number of halogens is 3. The van der Waals surface area contributed by atoms with Crippen molar-refractivity contribution in [1.29, 1.82) is 0 Å². The Morgan fingerprint density at radius 1 is 1.32 bits per heavy atom. The molecule has 1 aromatic carbocycles. The van der Waals surface area contributed by atoms with Crippen molar-refractivity contribution in [3.8, 4) is 11.3 Å². The number of hydrogen-bond donors (Lipinski definition) is 0. The van der Waals surface area contributed by atoms with Crippen LogP contribution in [0.5, 0.6) is 0 Å². The van der Waals surface area contributed by atoms with Crippen molar-refractivity contribution in [2.24, 2.45) is 0 Å². The molecule has 3 aromatic rings. The van der Waals surface area contributed by atoms with Gasteiger partial charge in [-0.05, 0) is 12.1 Å². The molecule has 1 amide bonds. The fraction of sp³-hybridized carbons (Fsp3) is 0.316. The molecule has 28 heavy (non-hydrogen) atoms. The number of amides is 1. The number of carbonyl (C=O) groups is 1. The highest BCUT2D eigenvalue weighted by Gasteiger charge is 2.32. The van der Waals surface area contributed by atoms with Crippen LogP contribution in [-0.4, -0.2) is 32.1 Å². The van der Waals surface area contributed by atoms with Gasteiger partial charge in [0.2, 0.25) is 5.91 Å². The number of rotatable bonds is 3. The SMILES string of the molecule is CC(=O)N1CCc2c(c(-c3cccc(C(F)(F)F)c3)nn2Cc2nccs2)C1. The van der Waals surface area contributed by atoms with Gasteiger partial charge >= 0.3 is 6.18 Å². The minimum atomic E-state index is -4.43. The van der Waals surface area contributed by atoms with Gasteiger partial charge in [-0.1, -0.05) is 12.1 Å². The van der Waals surface area contributed by atoms with Crippen LogP contribution < -0.4 is 0 Å². The molecule has 1 aliphatic rings. The maximum atomic E-state index is 13.2. The predicted molar refractivity (Wildman–Crippen MR) is 98.7 cm³/mol. The topological polar surface area (TPSA) is 51.0 Å². The van der Waals surface area contributed by atoms with Crippen LogP contribution in [0.2, 0.25) is 0 Å². The van der Waals surface area contributed by atoms with Gasteiger partial charge in [-0.15, -0.1) is 11.3 Å². The third-order valence-electron chi connectivity index (χ3n) is 4.81. The number of benzene rings is 1. The number of nitrogens with zero attached hydrogens (tertiary/aromatic N) is 4. The molecule has 0 aliphatic carbocycles. The van der Waals surface area contributed by atoms with Crippen LogP contribution in [0.3, 0.4) is 0 Å². The Bertz CT molecular complexity index is 1010. The molecule has 0 atom stereocenters. The van der Waals surface area contributed by atoms with Gasteiger partial charge in [-0.2, -0.15) is 18.3 Å². The van der Waals surface area contributed by atoms with Crippen molar-refractivity contribution in [1.82, 2.24) is 19.7 Å². The fourth-order valence-electron chi connectivity index (χ4n) is 3.42. The van der Waals surface area contributed by atoms with Crippen LogP contribution in [0.25, 0.3) is 11.3 Å². The third-order valence-corrected chi connectivity index (χ3v) is 5.58. The third kappa shape index (κ3) is 3.54. The van der Waals surface area contributed by atoms with E-state index in [0.717, 1.165) is 28.4 Å². The Kier molecular flexibility index (Phi) is 4.70. The second-order valence-electron chi connectivity index (χ2n) is 6.63. The summed E-state index contributed by atoms with van der Waals surface area (Å²) in [5, 5.41) is 7.37. The highest BCUT2D eigenvalue weighted by molar-refractivity contribution is 7.09. The molecule has 0 saturated heterocycles. The Morgan fingerprint density at radius 2 is 2.14 bits per heavy atom. The lowest BCUT2D eigenvalue weighted by Crippen LogP contribution is -2.34. The van der Waals surface area contributed by atoms with Gasteiger partial charge < -0.3 is 4.90 Å². The van der Waals surface area contributed by atoms with E-state index < -0.39 is 11.7 Å². The van der Waals surface area contributed by atoms with Crippen molar-refractivity contribution in [3.63, 3.8) is 0 Å². The number of alkyl halides is 3. The summed E-state index contributed by atoms with van der Waals surface area (Å²) in [6.07, 6.45) is -2.11. The Morgan fingerprint density at radius 3 is 2.82 bits per heavy atom. The number of carbonyl (C=O) groups excluding carboxylic acids is 1. The molecular weight excluding hydrogens is 389 g/mol. The number of hydrogen-bond acceptors (Lipinski definition) is 4. The average molecular weight is 406 g/mol. The summed E-state index contributed by atoms with van der Waals surface area (Å²) < 4.78 is 41.3. The van der Waals surface area contributed by atoms with Gasteiger partial charge in [0.05, 0.1) is 17.8 Å². The van der Waals surface area contributed by atoms with E-state index in [1.165, 1.54) is 24.3 Å². The number of fused-ring (bicyclic) bond motifs is 1. The van der Waals surface area contributed by atoms with Gasteiger partial charge in [-0.25, -0.2) is 4.98 Å². The minimum absolute atomic E-state index is 0.0617. The van der Waals surface area contributed by atoms with Crippen LogP contribution in [0.1, 0.15) is 28.8 Å². The van der Waals surface area contributed by atoms with E-state index in [2.05, 4.69) is 10.1 Å². The highest BCUT2D eigenvalue weighted by atomic mass is 32.1. The molecule has 3 heterocycles. The zero-order valence-corrected chi connectivity index (χ0v) is 15.8.